The number of carbonyl (C=O) groups excluding carboxylic acids is 1. The molecule has 12 heteroatoms. The van der Waals surface area contributed by atoms with Crippen molar-refractivity contribution in [1.29, 1.82) is 0 Å². The van der Waals surface area contributed by atoms with Crippen LogP contribution >= 0.6 is 0 Å². The maximum absolute atomic E-state index is 12.7. The van der Waals surface area contributed by atoms with Crippen LogP contribution in [0, 0.1) is 0 Å². The van der Waals surface area contributed by atoms with E-state index >= 15 is 0 Å². The SMILES string of the molecule is COc1cc(C(=O)N/N=C(\C)c2ccc(OC(F)F)cc2OC(F)F)cc(OC)c1OC. The number of amides is 1. The van der Waals surface area contributed by atoms with E-state index in [0.717, 1.165) is 12.1 Å². The fourth-order valence-corrected chi connectivity index (χ4v) is 2.64. The molecule has 0 aliphatic rings. The lowest BCUT2D eigenvalue weighted by Gasteiger charge is -2.14. The van der Waals surface area contributed by atoms with E-state index in [1.807, 2.05) is 0 Å². The molecular weight excluding hydrogens is 440 g/mol. The second-order valence-electron chi connectivity index (χ2n) is 5.97. The third kappa shape index (κ3) is 6.15. The minimum Gasteiger partial charge on any atom is -0.493 e. The number of alkyl halides is 4. The molecule has 0 saturated heterocycles. The predicted octanol–water partition coefficient (Wildman–Crippen LogP) is 4.07. The summed E-state index contributed by atoms with van der Waals surface area (Å²) in [6.45, 7) is -4.97. The lowest BCUT2D eigenvalue weighted by Crippen LogP contribution is -2.20. The Morgan fingerprint density at radius 1 is 0.875 bits per heavy atom. The van der Waals surface area contributed by atoms with Crippen molar-refractivity contribution >= 4 is 11.6 Å². The molecule has 0 atom stereocenters. The average Bonchev–Trinajstić information content (AvgIpc) is 2.75. The number of halogens is 4. The Morgan fingerprint density at radius 2 is 1.47 bits per heavy atom. The van der Waals surface area contributed by atoms with Gasteiger partial charge in [-0.15, -0.1) is 0 Å². The smallest absolute Gasteiger partial charge is 0.387 e. The van der Waals surface area contributed by atoms with E-state index < -0.39 is 24.9 Å². The van der Waals surface area contributed by atoms with Crippen molar-refractivity contribution in [1.82, 2.24) is 5.43 Å². The first-order chi connectivity index (χ1) is 15.2. The van der Waals surface area contributed by atoms with Gasteiger partial charge in [-0.25, -0.2) is 5.43 Å². The van der Waals surface area contributed by atoms with Crippen molar-refractivity contribution in [3.05, 3.63) is 41.5 Å². The largest absolute Gasteiger partial charge is 0.493 e. The summed E-state index contributed by atoms with van der Waals surface area (Å²) in [5.41, 5.74) is 2.46. The van der Waals surface area contributed by atoms with Gasteiger partial charge in [-0.1, -0.05) is 0 Å². The Kier molecular flexibility index (Phi) is 8.50. The predicted molar refractivity (Wildman–Crippen MR) is 105 cm³/mol. The molecular formula is C20H20F4N2O6. The monoisotopic (exact) mass is 460 g/mol. The highest BCUT2D eigenvalue weighted by Crippen LogP contribution is 2.38. The van der Waals surface area contributed by atoms with Crippen LogP contribution in [-0.2, 0) is 0 Å². The van der Waals surface area contributed by atoms with Crippen molar-refractivity contribution in [2.24, 2.45) is 5.10 Å². The van der Waals surface area contributed by atoms with Gasteiger partial charge in [-0.3, -0.25) is 4.79 Å². The van der Waals surface area contributed by atoms with E-state index in [9.17, 15) is 22.4 Å². The summed E-state index contributed by atoms with van der Waals surface area (Å²) in [4.78, 5) is 12.5. The number of carbonyl (C=O) groups is 1. The summed E-state index contributed by atoms with van der Waals surface area (Å²) in [7, 11) is 4.17. The molecule has 2 rings (SSSR count). The molecule has 2 aromatic rings. The summed E-state index contributed by atoms with van der Waals surface area (Å²) < 4.78 is 74.4. The number of nitrogens with one attached hydrogen (secondary N) is 1. The number of benzene rings is 2. The highest BCUT2D eigenvalue weighted by atomic mass is 19.3. The van der Waals surface area contributed by atoms with Gasteiger partial charge in [0.25, 0.3) is 5.91 Å². The zero-order chi connectivity index (χ0) is 23.8. The first-order valence-electron chi connectivity index (χ1n) is 8.88. The molecule has 0 heterocycles. The number of methoxy groups -OCH3 is 3. The van der Waals surface area contributed by atoms with E-state index in [0.29, 0.717) is 0 Å². The molecule has 0 unspecified atom stereocenters. The number of hydrogen-bond acceptors (Lipinski definition) is 7. The first-order valence-corrected chi connectivity index (χ1v) is 8.88. The van der Waals surface area contributed by atoms with Gasteiger partial charge in [0, 0.05) is 17.2 Å². The van der Waals surface area contributed by atoms with Crippen LogP contribution in [0.1, 0.15) is 22.8 Å². The van der Waals surface area contributed by atoms with Crippen LogP contribution in [0.3, 0.4) is 0 Å². The van der Waals surface area contributed by atoms with Crippen LogP contribution < -0.4 is 29.1 Å². The summed E-state index contributed by atoms with van der Waals surface area (Å²) in [5, 5.41) is 3.87. The number of hydrazone groups is 1. The van der Waals surface area contributed by atoms with Crippen molar-refractivity contribution in [3.63, 3.8) is 0 Å². The van der Waals surface area contributed by atoms with E-state index in [1.54, 1.807) is 0 Å². The third-order valence-electron chi connectivity index (χ3n) is 4.04. The summed E-state index contributed by atoms with van der Waals surface area (Å²) >= 11 is 0. The maximum Gasteiger partial charge on any atom is 0.387 e. The fourth-order valence-electron chi connectivity index (χ4n) is 2.64. The number of rotatable bonds is 10. The van der Waals surface area contributed by atoms with Gasteiger partial charge in [0.1, 0.15) is 11.5 Å². The lowest BCUT2D eigenvalue weighted by molar-refractivity contribution is -0.0543. The van der Waals surface area contributed by atoms with Crippen LogP contribution in [0.15, 0.2) is 35.4 Å². The van der Waals surface area contributed by atoms with Gasteiger partial charge < -0.3 is 23.7 Å². The van der Waals surface area contributed by atoms with Gasteiger partial charge in [0.05, 0.1) is 27.0 Å². The van der Waals surface area contributed by atoms with Crippen LogP contribution in [0.4, 0.5) is 17.6 Å². The van der Waals surface area contributed by atoms with E-state index in [4.69, 9.17) is 14.2 Å². The zero-order valence-electron chi connectivity index (χ0n) is 17.5. The molecule has 2 aromatic carbocycles. The Balaban J connectivity index is 2.31. The Labute approximate surface area is 180 Å². The molecule has 1 amide bonds. The molecule has 0 aliphatic carbocycles. The topological polar surface area (TPSA) is 87.6 Å². The first kappa shape index (κ1) is 24.6. The molecule has 0 aliphatic heterocycles. The quantitative estimate of drug-likeness (QED) is 0.327. The summed E-state index contributed by atoms with van der Waals surface area (Å²) in [5.74, 6) is -0.751. The molecule has 0 fully saturated rings. The Bertz CT molecular complexity index is 960. The summed E-state index contributed by atoms with van der Waals surface area (Å²) in [6.07, 6.45) is 0. The molecule has 0 radical (unpaired) electrons. The highest BCUT2D eigenvalue weighted by Gasteiger charge is 2.18. The number of nitrogens with zero attached hydrogens (tertiary/aromatic N) is 1. The molecule has 174 valence electrons. The third-order valence-corrected chi connectivity index (χ3v) is 4.04. The molecule has 8 nitrogen and oxygen atoms in total. The fraction of sp³-hybridized carbons (Fsp3) is 0.300. The van der Waals surface area contributed by atoms with E-state index in [1.165, 1.54) is 46.5 Å². The maximum atomic E-state index is 12.7. The molecule has 32 heavy (non-hydrogen) atoms. The second-order valence-corrected chi connectivity index (χ2v) is 5.97. The molecule has 0 saturated carbocycles. The van der Waals surface area contributed by atoms with Crippen LogP contribution in [0.2, 0.25) is 0 Å². The van der Waals surface area contributed by atoms with Gasteiger partial charge in [-0.05, 0) is 31.2 Å². The van der Waals surface area contributed by atoms with E-state index in [2.05, 4.69) is 20.0 Å². The van der Waals surface area contributed by atoms with E-state index in [-0.39, 0.29) is 39.8 Å². The van der Waals surface area contributed by atoms with Crippen molar-refractivity contribution in [3.8, 4) is 28.7 Å². The minimum absolute atomic E-state index is 0.0251. The van der Waals surface area contributed by atoms with Crippen molar-refractivity contribution in [2.75, 3.05) is 21.3 Å². The number of ether oxygens (including phenoxy) is 5. The molecule has 1 N–H and O–H groups in total. The molecule has 0 spiro atoms. The van der Waals surface area contributed by atoms with Crippen molar-refractivity contribution < 1.29 is 46.0 Å². The zero-order valence-corrected chi connectivity index (χ0v) is 17.5. The Hall–Kier alpha value is -3.70. The highest BCUT2D eigenvalue weighted by molar-refractivity contribution is 6.03. The van der Waals surface area contributed by atoms with Crippen LogP contribution in [0.25, 0.3) is 0 Å². The van der Waals surface area contributed by atoms with Gasteiger partial charge in [0.15, 0.2) is 11.5 Å². The average molecular weight is 460 g/mol. The Morgan fingerprint density at radius 3 is 1.97 bits per heavy atom. The second kappa shape index (κ2) is 11.1. The van der Waals surface area contributed by atoms with Crippen molar-refractivity contribution in [2.45, 2.75) is 20.1 Å². The standard InChI is InChI=1S/C20H20F4N2O6/c1-10(13-6-5-12(31-19(21)22)9-14(13)32-20(23)24)25-26-18(27)11-7-15(28-2)17(30-4)16(8-11)29-3/h5-9,19-20H,1-4H3,(H,26,27)/b25-10+. The van der Waals surface area contributed by atoms with Crippen LogP contribution in [-0.4, -0.2) is 46.2 Å². The summed E-state index contributed by atoms with van der Waals surface area (Å²) in [6, 6.07) is 5.97. The molecule has 0 aromatic heterocycles. The lowest BCUT2D eigenvalue weighted by atomic mass is 10.1. The van der Waals surface area contributed by atoms with Gasteiger partial charge in [-0.2, -0.15) is 22.7 Å². The van der Waals surface area contributed by atoms with Crippen LogP contribution in [0.5, 0.6) is 28.7 Å². The van der Waals surface area contributed by atoms with Gasteiger partial charge in [0.2, 0.25) is 5.75 Å². The van der Waals surface area contributed by atoms with Gasteiger partial charge >= 0.3 is 13.2 Å². The minimum atomic E-state index is -3.22. The number of hydrogen-bond donors (Lipinski definition) is 1. The molecule has 0 bridgehead atoms. The normalized spacial score (nSPS) is 11.4.